The summed E-state index contributed by atoms with van der Waals surface area (Å²) in [5.74, 6) is 3.79. The van der Waals surface area contributed by atoms with Crippen molar-refractivity contribution in [1.29, 1.82) is 0 Å². The molecule has 2 atom stereocenters. The molecule has 0 N–H and O–H groups in total. The minimum atomic E-state index is 0.323. The van der Waals surface area contributed by atoms with Crippen LogP contribution in [0.5, 0.6) is 23.0 Å². The second-order valence-electron chi connectivity index (χ2n) is 7.23. The number of nitrogens with zero attached hydrogens (tertiary/aromatic N) is 1. The van der Waals surface area contributed by atoms with Gasteiger partial charge in [-0.3, -0.25) is 4.90 Å². The molecule has 0 radical (unpaired) electrons. The van der Waals surface area contributed by atoms with Crippen molar-refractivity contribution in [3.8, 4) is 23.0 Å². The van der Waals surface area contributed by atoms with Crippen molar-refractivity contribution < 1.29 is 18.9 Å². The van der Waals surface area contributed by atoms with Gasteiger partial charge < -0.3 is 18.9 Å². The predicted octanol–water partition coefficient (Wildman–Crippen LogP) is 3.65. The first-order chi connectivity index (χ1) is 12.7. The topological polar surface area (TPSA) is 40.2 Å². The van der Waals surface area contributed by atoms with Gasteiger partial charge in [0.2, 0.25) is 6.79 Å². The van der Waals surface area contributed by atoms with E-state index in [1.165, 1.54) is 22.3 Å². The van der Waals surface area contributed by atoms with Crippen molar-refractivity contribution in [2.24, 2.45) is 0 Å². The average Bonchev–Trinajstić information content (AvgIpc) is 3.15. The van der Waals surface area contributed by atoms with E-state index in [0.29, 0.717) is 18.8 Å². The lowest BCUT2D eigenvalue weighted by Gasteiger charge is -2.45. The standard InChI is InChI=1S/C21H23NO4/c1-12-14-4-5-17-21(26-11-25-17)16(14)10-22-7-6-13-8-18(23-2)19(24-3)9-15(13)20(12)22/h4-5,8-9,12,20H,6-7,10-11H2,1-3H3/t12-,20-/m1/s1. The van der Waals surface area contributed by atoms with Crippen LogP contribution in [0.3, 0.4) is 0 Å². The average molecular weight is 353 g/mol. The van der Waals surface area contributed by atoms with Crippen molar-refractivity contribution in [2.45, 2.75) is 31.8 Å². The van der Waals surface area contributed by atoms with Gasteiger partial charge in [-0.1, -0.05) is 13.0 Å². The Hall–Kier alpha value is -2.40. The molecule has 2 aromatic carbocycles. The Bertz CT molecular complexity index is 879. The summed E-state index contributed by atoms with van der Waals surface area (Å²) in [4.78, 5) is 2.56. The molecule has 0 spiro atoms. The number of methoxy groups -OCH3 is 2. The van der Waals surface area contributed by atoms with Gasteiger partial charge in [0.25, 0.3) is 0 Å². The maximum atomic E-state index is 5.78. The molecule has 0 bridgehead atoms. The van der Waals surface area contributed by atoms with Gasteiger partial charge in [-0.05, 0) is 41.3 Å². The third-order valence-electron chi connectivity index (χ3n) is 6.03. The van der Waals surface area contributed by atoms with Crippen LogP contribution in [0.15, 0.2) is 24.3 Å². The molecule has 0 saturated heterocycles. The van der Waals surface area contributed by atoms with Crippen LogP contribution in [0.4, 0.5) is 0 Å². The Kier molecular flexibility index (Phi) is 3.54. The van der Waals surface area contributed by atoms with Crippen LogP contribution in [0, 0.1) is 0 Å². The molecule has 0 aromatic heterocycles. The van der Waals surface area contributed by atoms with Crippen LogP contribution < -0.4 is 18.9 Å². The minimum absolute atomic E-state index is 0.323. The van der Waals surface area contributed by atoms with E-state index in [1.807, 2.05) is 6.07 Å². The zero-order chi connectivity index (χ0) is 17.8. The molecule has 3 aliphatic rings. The summed E-state index contributed by atoms with van der Waals surface area (Å²) in [5, 5.41) is 0. The van der Waals surface area contributed by atoms with Gasteiger partial charge in [0.15, 0.2) is 23.0 Å². The van der Waals surface area contributed by atoms with Gasteiger partial charge in [-0.25, -0.2) is 0 Å². The maximum absolute atomic E-state index is 5.78. The number of rotatable bonds is 2. The quantitative estimate of drug-likeness (QED) is 0.824. The Morgan fingerprint density at radius 3 is 2.65 bits per heavy atom. The van der Waals surface area contributed by atoms with Crippen molar-refractivity contribution >= 4 is 0 Å². The zero-order valence-corrected chi connectivity index (χ0v) is 15.4. The highest BCUT2D eigenvalue weighted by atomic mass is 16.7. The second-order valence-corrected chi connectivity index (χ2v) is 7.23. The Balaban J connectivity index is 1.62. The van der Waals surface area contributed by atoms with Gasteiger partial charge in [-0.2, -0.15) is 0 Å². The van der Waals surface area contributed by atoms with Gasteiger partial charge in [0.05, 0.1) is 14.2 Å². The van der Waals surface area contributed by atoms with E-state index in [9.17, 15) is 0 Å². The fourth-order valence-corrected chi connectivity index (χ4v) is 4.80. The summed E-state index contributed by atoms with van der Waals surface area (Å²) in [7, 11) is 3.40. The molecule has 5 heteroatoms. The lowest BCUT2D eigenvalue weighted by Crippen LogP contribution is -2.41. The highest BCUT2D eigenvalue weighted by Crippen LogP contribution is 2.51. The molecule has 0 saturated carbocycles. The molecule has 3 aliphatic heterocycles. The Morgan fingerprint density at radius 2 is 1.85 bits per heavy atom. The molecule has 136 valence electrons. The highest BCUT2D eigenvalue weighted by Gasteiger charge is 2.40. The summed E-state index contributed by atoms with van der Waals surface area (Å²) in [6.07, 6.45) is 1.01. The van der Waals surface area contributed by atoms with E-state index in [1.54, 1.807) is 14.2 Å². The highest BCUT2D eigenvalue weighted by molar-refractivity contribution is 5.56. The summed E-state index contributed by atoms with van der Waals surface area (Å²) in [5.41, 5.74) is 5.36. The fraction of sp³-hybridized carbons (Fsp3) is 0.429. The number of hydrogen-bond donors (Lipinski definition) is 0. The van der Waals surface area contributed by atoms with Crippen molar-refractivity contribution in [3.63, 3.8) is 0 Å². The number of benzene rings is 2. The van der Waals surface area contributed by atoms with E-state index in [2.05, 4.69) is 30.0 Å². The minimum Gasteiger partial charge on any atom is -0.493 e. The lowest BCUT2D eigenvalue weighted by molar-refractivity contribution is 0.133. The van der Waals surface area contributed by atoms with Crippen LogP contribution >= 0.6 is 0 Å². The van der Waals surface area contributed by atoms with Gasteiger partial charge in [-0.15, -0.1) is 0 Å². The summed E-state index contributed by atoms with van der Waals surface area (Å²) >= 11 is 0. The number of fused-ring (bicyclic) bond motifs is 6. The smallest absolute Gasteiger partial charge is 0.231 e. The molecule has 0 unspecified atom stereocenters. The van der Waals surface area contributed by atoms with E-state index >= 15 is 0 Å². The van der Waals surface area contributed by atoms with E-state index < -0.39 is 0 Å². The monoisotopic (exact) mass is 353 g/mol. The summed E-state index contributed by atoms with van der Waals surface area (Å²) < 4.78 is 22.4. The predicted molar refractivity (Wildman–Crippen MR) is 97.4 cm³/mol. The molecule has 0 fully saturated rings. The van der Waals surface area contributed by atoms with E-state index in [4.69, 9.17) is 18.9 Å². The molecule has 5 rings (SSSR count). The third kappa shape index (κ3) is 2.13. The first kappa shape index (κ1) is 15.8. The van der Waals surface area contributed by atoms with Gasteiger partial charge in [0, 0.05) is 30.6 Å². The van der Waals surface area contributed by atoms with Crippen LogP contribution in [-0.4, -0.2) is 32.5 Å². The normalized spacial score (nSPS) is 23.0. The Labute approximate surface area is 153 Å². The van der Waals surface area contributed by atoms with Crippen molar-refractivity contribution in [2.75, 3.05) is 27.6 Å². The molecule has 0 amide bonds. The molecule has 26 heavy (non-hydrogen) atoms. The largest absolute Gasteiger partial charge is 0.493 e. The van der Waals surface area contributed by atoms with Crippen molar-refractivity contribution in [1.82, 2.24) is 4.90 Å². The third-order valence-corrected chi connectivity index (χ3v) is 6.03. The summed E-state index contributed by atoms with van der Waals surface area (Å²) in [6.45, 7) is 4.55. The van der Waals surface area contributed by atoms with Crippen LogP contribution in [0.2, 0.25) is 0 Å². The summed E-state index contributed by atoms with van der Waals surface area (Å²) in [6, 6.07) is 8.91. The maximum Gasteiger partial charge on any atom is 0.231 e. The second kappa shape index (κ2) is 5.81. The van der Waals surface area contributed by atoms with E-state index in [-0.39, 0.29) is 0 Å². The van der Waals surface area contributed by atoms with Gasteiger partial charge in [0.1, 0.15) is 0 Å². The van der Waals surface area contributed by atoms with Crippen LogP contribution in [-0.2, 0) is 13.0 Å². The zero-order valence-electron chi connectivity index (χ0n) is 15.4. The van der Waals surface area contributed by atoms with E-state index in [0.717, 1.165) is 42.5 Å². The van der Waals surface area contributed by atoms with Crippen LogP contribution in [0.1, 0.15) is 41.1 Å². The first-order valence-corrected chi connectivity index (χ1v) is 9.11. The SMILES string of the molecule is COc1cc2c(cc1OC)[C@H]1[C@H](C)c3ccc4c(c3CN1CC2)OCO4. The molecule has 2 aromatic rings. The molecular formula is C21H23NO4. The fourth-order valence-electron chi connectivity index (χ4n) is 4.80. The van der Waals surface area contributed by atoms with Crippen molar-refractivity contribution in [3.05, 3.63) is 46.5 Å². The molecular weight excluding hydrogens is 330 g/mol. The Morgan fingerprint density at radius 1 is 1.04 bits per heavy atom. The first-order valence-electron chi connectivity index (χ1n) is 9.11. The molecule has 0 aliphatic carbocycles. The lowest BCUT2D eigenvalue weighted by atomic mass is 9.77. The molecule has 3 heterocycles. The van der Waals surface area contributed by atoms with Gasteiger partial charge >= 0.3 is 0 Å². The number of hydrogen-bond acceptors (Lipinski definition) is 5. The molecule has 5 nitrogen and oxygen atoms in total. The van der Waals surface area contributed by atoms with Crippen LogP contribution in [0.25, 0.3) is 0 Å². The number of ether oxygens (including phenoxy) is 4.